The normalized spacial score (nSPS) is 14.8. The third-order valence-corrected chi connectivity index (χ3v) is 6.91. The van der Waals surface area contributed by atoms with Crippen LogP contribution in [-0.2, 0) is 0 Å². The number of ether oxygens (including phenoxy) is 1. The highest BCUT2D eigenvalue weighted by Gasteiger charge is 2.30. The van der Waals surface area contributed by atoms with Crippen LogP contribution in [0.25, 0.3) is 10.2 Å². The molecule has 4 rings (SSSR count). The van der Waals surface area contributed by atoms with E-state index in [1.54, 1.807) is 19.1 Å². The van der Waals surface area contributed by atoms with E-state index in [0.717, 1.165) is 40.4 Å². The Morgan fingerprint density at radius 2 is 2.14 bits per heavy atom. The zero-order valence-corrected chi connectivity index (χ0v) is 17.5. The molecule has 1 fully saturated rings. The van der Waals surface area contributed by atoms with E-state index in [9.17, 15) is 4.79 Å². The van der Waals surface area contributed by atoms with E-state index in [-0.39, 0.29) is 11.9 Å². The van der Waals surface area contributed by atoms with Crippen molar-refractivity contribution in [2.24, 2.45) is 0 Å². The third kappa shape index (κ3) is 3.52. The summed E-state index contributed by atoms with van der Waals surface area (Å²) >= 11 is 2.95. The molecule has 146 valence electrons. The maximum absolute atomic E-state index is 12.7. The van der Waals surface area contributed by atoms with Gasteiger partial charge in [-0.05, 0) is 49.6 Å². The predicted molar refractivity (Wildman–Crippen MR) is 113 cm³/mol. The Bertz CT molecular complexity index is 1050. The highest BCUT2D eigenvalue weighted by molar-refractivity contribution is 7.97. The Morgan fingerprint density at radius 1 is 1.36 bits per heavy atom. The molecule has 0 radical (unpaired) electrons. The van der Waals surface area contributed by atoms with Gasteiger partial charge in [-0.15, -0.1) is 16.4 Å². The zero-order valence-electron chi connectivity index (χ0n) is 15.9. The standard InChI is InChI=1S/C19H21N5O2S2/c1-10-11(2)22-23-19-15(10)16(20)17(27-19)18(25)21-12-8-24(9-12)28-14-6-4-5-13(7-14)26-3/h4-7,12H,8-9,20H2,1-3H3,(H,21,25). The molecule has 0 bridgehead atoms. The number of nitrogen functional groups attached to an aromatic ring is 1. The lowest BCUT2D eigenvalue weighted by molar-refractivity contribution is 0.0906. The number of methoxy groups -OCH3 is 1. The summed E-state index contributed by atoms with van der Waals surface area (Å²) in [5.41, 5.74) is 8.55. The summed E-state index contributed by atoms with van der Waals surface area (Å²) in [5.74, 6) is 0.692. The summed E-state index contributed by atoms with van der Waals surface area (Å²) in [6.45, 7) is 5.39. The van der Waals surface area contributed by atoms with Gasteiger partial charge in [0.25, 0.3) is 5.91 Å². The van der Waals surface area contributed by atoms with Crippen LogP contribution in [0.5, 0.6) is 5.75 Å². The van der Waals surface area contributed by atoms with Gasteiger partial charge in [0.15, 0.2) is 0 Å². The van der Waals surface area contributed by atoms with Gasteiger partial charge < -0.3 is 15.8 Å². The van der Waals surface area contributed by atoms with E-state index >= 15 is 0 Å². The molecule has 3 aromatic rings. The van der Waals surface area contributed by atoms with Gasteiger partial charge in [-0.2, -0.15) is 5.10 Å². The average molecular weight is 416 g/mol. The van der Waals surface area contributed by atoms with Crippen molar-refractivity contribution >= 4 is 45.1 Å². The van der Waals surface area contributed by atoms with Gasteiger partial charge in [0.1, 0.15) is 15.5 Å². The predicted octanol–water partition coefficient (Wildman–Crippen LogP) is 3.02. The number of aromatic nitrogens is 2. The van der Waals surface area contributed by atoms with Crippen LogP contribution in [0.1, 0.15) is 20.9 Å². The third-order valence-electron chi connectivity index (χ3n) is 4.80. The molecule has 1 amide bonds. The first-order valence-corrected chi connectivity index (χ1v) is 10.4. The number of amides is 1. The summed E-state index contributed by atoms with van der Waals surface area (Å²) < 4.78 is 7.45. The molecule has 9 heteroatoms. The van der Waals surface area contributed by atoms with Crippen molar-refractivity contribution in [2.45, 2.75) is 24.8 Å². The molecule has 0 atom stereocenters. The largest absolute Gasteiger partial charge is 0.497 e. The number of anilines is 1. The summed E-state index contributed by atoms with van der Waals surface area (Å²) in [6.07, 6.45) is 0. The van der Waals surface area contributed by atoms with Gasteiger partial charge >= 0.3 is 0 Å². The molecule has 1 aromatic carbocycles. The fourth-order valence-electron chi connectivity index (χ4n) is 3.07. The van der Waals surface area contributed by atoms with Crippen molar-refractivity contribution < 1.29 is 9.53 Å². The Kier molecular flexibility index (Phi) is 5.13. The smallest absolute Gasteiger partial charge is 0.263 e. The van der Waals surface area contributed by atoms with Crippen LogP contribution in [0.15, 0.2) is 29.2 Å². The van der Waals surface area contributed by atoms with Crippen LogP contribution >= 0.6 is 23.3 Å². The van der Waals surface area contributed by atoms with Crippen molar-refractivity contribution in [1.29, 1.82) is 0 Å². The van der Waals surface area contributed by atoms with Gasteiger partial charge in [-0.1, -0.05) is 6.07 Å². The lowest BCUT2D eigenvalue weighted by Gasteiger charge is -2.38. The summed E-state index contributed by atoms with van der Waals surface area (Å²) in [4.78, 5) is 15.0. The fraction of sp³-hybridized carbons (Fsp3) is 0.316. The van der Waals surface area contributed by atoms with Gasteiger partial charge in [0, 0.05) is 23.4 Å². The van der Waals surface area contributed by atoms with Crippen molar-refractivity contribution in [1.82, 2.24) is 19.8 Å². The summed E-state index contributed by atoms with van der Waals surface area (Å²) in [5, 5.41) is 12.2. The Morgan fingerprint density at radius 3 is 2.89 bits per heavy atom. The van der Waals surface area contributed by atoms with Crippen molar-refractivity contribution in [2.75, 3.05) is 25.9 Å². The number of aryl methyl sites for hydroxylation is 2. The molecule has 3 N–H and O–H groups in total. The Balaban J connectivity index is 1.38. The number of nitrogens with zero attached hydrogens (tertiary/aromatic N) is 3. The lowest BCUT2D eigenvalue weighted by Crippen LogP contribution is -2.56. The molecule has 28 heavy (non-hydrogen) atoms. The SMILES string of the molecule is COc1cccc(SN2CC(NC(=O)c3sc4nnc(C)c(C)c4c3N)C2)c1. The van der Waals surface area contributed by atoms with E-state index in [4.69, 9.17) is 10.5 Å². The second-order valence-electron chi connectivity index (χ2n) is 6.72. The van der Waals surface area contributed by atoms with Gasteiger partial charge in [-0.25, -0.2) is 4.31 Å². The first kappa shape index (κ1) is 19.0. The van der Waals surface area contributed by atoms with E-state index in [0.29, 0.717) is 15.4 Å². The van der Waals surface area contributed by atoms with E-state index in [1.807, 2.05) is 38.1 Å². The molecule has 0 saturated carbocycles. The van der Waals surface area contributed by atoms with E-state index in [1.165, 1.54) is 11.3 Å². The maximum atomic E-state index is 12.7. The molecular formula is C19H21N5O2S2. The minimum Gasteiger partial charge on any atom is -0.497 e. The topological polar surface area (TPSA) is 93.4 Å². The molecule has 0 unspecified atom stereocenters. The van der Waals surface area contributed by atoms with E-state index < -0.39 is 0 Å². The molecule has 1 aliphatic rings. The van der Waals surface area contributed by atoms with Crippen molar-refractivity contribution in [3.63, 3.8) is 0 Å². The van der Waals surface area contributed by atoms with Crippen LogP contribution in [0.2, 0.25) is 0 Å². The summed E-state index contributed by atoms with van der Waals surface area (Å²) in [6, 6.07) is 8.04. The number of hydrogen-bond donors (Lipinski definition) is 2. The molecule has 1 aliphatic heterocycles. The number of nitrogens with two attached hydrogens (primary N) is 1. The molecule has 0 aliphatic carbocycles. The number of benzene rings is 1. The molecular weight excluding hydrogens is 394 g/mol. The Labute approximate surface area is 171 Å². The molecule has 0 spiro atoms. The van der Waals surface area contributed by atoms with Crippen LogP contribution in [0.3, 0.4) is 0 Å². The number of carbonyl (C=O) groups is 1. The molecule has 2 aromatic heterocycles. The number of thiophene rings is 1. The number of rotatable bonds is 5. The van der Waals surface area contributed by atoms with Crippen molar-refractivity contribution in [3.8, 4) is 5.75 Å². The maximum Gasteiger partial charge on any atom is 0.263 e. The summed E-state index contributed by atoms with van der Waals surface area (Å²) in [7, 11) is 1.66. The fourth-order valence-corrected chi connectivity index (χ4v) is 5.19. The van der Waals surface area contributed by atoms with Gasteiger partial charge in [0.05, 0.1) is 24.5 Å². The monoisotopic (exact) mass is 415 g/mol. The highest BCUT2D eigenvalue weighted by atomic mass is 32.2. The van der Waals surface area contributed by atoms with Crippen molar-refractivity contribution in [3.05, 3.63) is 40.4 Å². The van der Waals surface area contributed by atoms with Gasteiger partial charge in [0.2, 0.25) is 0 Å². The van der Waals surface area contributed by atoms with Crippen LogP contribution < -0.4 is 15.8 Å². The molecule has 7 nitrogen and oxygen atoms in total. The second kappa shape index (κ2) is 7.57. The molecule has 1 saturated heterocycles. The first-order chi connectivity index (χ1) is 13.5. The van der Waals surface area contributed by atoms with Crippen LogP contribution in [0, 0.1) is 13.8 Å². The Hall–Kier alpha value is -2.36. The number of nitrogens with one attached hydrogen (secondary N) is 1. The number of carbonyl (C=O) groups excluding carboxylic acids is 1. The number of hydrogen-bond acceptors (Lipinski definition) is 8. The first-order valence-electron chi connectivity index (χ1n) is 8.86. The minimum atomic E-state index is -0.145. The zero-order chi connectivity index (χ0) is 19.8. The number of fused-ring (bicyclic) bond motifs is 1. The van der Waals surface area contributed by atoms with Crippen LogP contribution in [0.4, 0.5) is 5.69 Å². The quantitative estimate of drug-likeness (QED) is 0.619. The van der Waals surface area contributed by atoms with Gasteiger partial charge in [-0.3, -0.25) is 4.79 Å². The second-order valence-corrected chi connectivity index (χ2v) is 8.89. The minimum absolute atomic E-state index is 0.101. The van der Waals surface area contributed by atoms with E-state index in [2.05, 4.69) is 19.8 Å². The average Bonchev–Trinajstić information content (AvgIpc) is 3.00. The highest BCUT2D eigenvalue weighted by Crippen LogP contribution is 2.35. The molecule has 3 heterocycles. The lowest BCUT2D eigenvalue weighted by atomic mass is 10.1. The van der Waals surface area contributed by atoms with Crippen LogP contribution in [-0.4, -0.2) is 46.7 Å².